The molecule has 0 atom stereocenters. The minimum Gasteiger partial charge on any atom is -0.493 e. The summed E-state index contributed by atoms with van der Waals surface area (Å²) in [6.07, 6.45) is 1.47. The molecule has 0 saturated carbocycles. The highest BCUT2D eigenvalue weighted by atomic mass is 32.2. The quantitative estimate of drug-likeness (QED) is 0.603. The van der Waals surface area contributed by atoms with Gasteiger partial charge in [-0.2, -0.15) is 13.4 Å². The average molecular weight is 404 g/mol. The fraction of sp³-hybridized carbons (Fsp3) is 0.111. The molecule has 1 aliphatic rings. The summed E-state index contributed by atoms with van der Waals surface area (Å²) in [4.78, 5) is 15.7. The van der Waals surface area contributed by atoms with Crippen molar-refractivity contribution in [3.05, 3.63) is 58.5 Å². The molecule has 0 fully saturated rings. The third-order valence-electron chi connectivity index (χ3n) is 3.66. The van der Waals surface area contributed by atoms with Crippen molar-refractivity contribution in [1.29, 1.82) is 0 Å². The van der Waals surface area contributed by atoms with Gasteiger partial charge in [-0.05, 0) is 43.0 Å². The van der Waals surface area contributed by atoms with Crippen LogP contribution in [-0.2, 0) is 14.9 Å². The van der Waals surface area contributed by atoms with E-state index >= 15 is 0 Å². The summed E-state index contributed by atoms with van der Waals surface area (Å²) in [7, 11) is -2.70. The van der Waals surface area contributed by atoms with Crippen LogP contribution in [0.15, 0.2) is 57.3 Å². The third kappa shape index (κ3) is 4.15. The number of hydrogen-bond acceptors (Lipinski definition) is 7. The van der Waals surface area contributed by atoms with Crippen LogP contribution in [0.5, 0.6) is 11.5 Å². The fourth-order valence-corrected chi connectivity index (χ4v) is 3.96. The van der Waals surface area contributed by atoms with E-state index < -0.39 is 16.0 Å². The maximum absolute atomic E-state index is 12.7. The molecule has 0 saturated heterocycles. The molecule has 2 aromatic carbocycles. The number of nitrogens with zero attached hydrogens (tertiary/aromatic N) is 1. The van der Waals surface area contributed by atoms with Crippen molar-refractivity contribution in [3.63, 3.8) is 0 Å². The Hall–Kier alpha value is -2.78. The Morgan fingerprint density at radius 2 is 1.85 bits per heavy atom. The van der Waals surface area contributed by atoms with E-state index in [0.29, 0.717) is 5.56 Å². The number of amides is 1. The normalized spacial score (nSPS) is 15.7. The molecule has 27 heavy (non-hydrogen) atoms. The van der Waals surface area contributed by atoms with Gasteiger partial charge in [0.1, 0.15) is 4.90 Å². The van der Waals surface area contributed by atoms with Crippen molar-refractivity contribution in [2.45, 2.75) is 11.8 Å². The van der Waals surface area contributed by atoms with E-state index in [9.17, 15) is 13.2 Å². The second-order valence-corrected chi connectivity index (χ2v) is 8.20. The summed E-state index contributed by atoms with van der Waals surface area (Å²) in [5.74, 6) is -0.302. The molecular weight excluding hydrogens is 388 g/mol. The fourth-order valence-electron chi connectivity index (χ4n) is 2.33. The predicted octanol–water partition coefficient (Wildman–Crippen LogP) is 2.70. The number of rotatable bonds is 5. The monoisotopic (exact) mass is 404 g/mol. The van der Waals surface area contributed by atoms with Gasteiger partial charge in [0, 0.05) is 5.56 Å². The Balaban J connectivity index is 2.03. The number of methoxy groups -OCH3 is 1. The molecule has 1 amide bonds. The second-order valence-electron chi connectivity index (χ2n) is 5.59. The molecule has 0 bridgehead atoms. The molecule has 0 unspecified atom stereocenters. The molecule has 0 radical (unpaired) electrons. The van der Waals surface area contributed by atoms with Crippen molar-refractivity contribution < 1.29 is 22.1 Å². The highest BCUT2D eigenvalue weighted by Crippen LogP contribution is 2.37. The number of aliphatic imine (C=N–C) groups is 1. The van der Waals surface area contributed by atoms with E-state index in [1.165, 1.54) is 25.3 Å². The van der Waals surface area contributed by atoms with Gasteiger partial charge < -0.3 is 14.7 Å². The number of aryl methyl sites for hydroxylation is 1. The van der Waals surface area contributed by atoms with Crippen molar-refractivity contribution in [2.75, 3.05) is 7.11 Å². The molecule has 2 aromatic rings. The number of carbonyl (C=O) groups is 1. The number of carbonyl (C=O) groups excluding carboxylic acids is 1. The SMILES string of the molecule is COc1cccc(/C=C2\SC(N)=NC2=O)c1OS(=O)(=O)c1ccc(C)cc1. The van der Waals surface area contributed by atoms with Gasteiger partial charge in [-0.25, -0.2) is 0 Å². The van der Waals surface area contributed by atoms with Crippen LogP contribution >= 0.6 is 11.8 Å². The molecule has 0 aromatic heterocycles. The van der Waals surface area contributed by atoms with Gasteiger partial charge in [0.25, 0.3) is 5.91 Å². The molecule has 3 rings (SSSR count). The number of ether oxygens (including phenoxy) is 1. The van der Waals surface area contributed by atoms with E-state index in [-0.39, 0.29) is 26.5 Å². The first kappa shape index (κ1) is 19.0. The molecule has 7 nitrogen and oxygen atoms in total. The number of nitrogens with two attached hydrogens (primary N) is 1. The highest BCUT2D eigenvalue weighted by Gasteiger charge is 2.24. The van der Waals surface area contributed by atoms with Crippen molar-refractivity contribution in [2.24, 2.45) is 10.7 Å². The van der Waals surface area contributed by atoms with E-state index in [4.69, 9.17) is 14.7 Å². The molecule has 0 aliphatic carbocycles. The summed E-state index contributed by atoms with van der Waals surface area (Å²) in [6.45, 7) is 1.85. The Kier molecular flexibility index (Phi) is 5.24. The Morgan fingerprint density at radius 3 is 2.44 bits per heavy atom. The zero-order valence-electron chi connectivity index (χ0n) is 14.5. The summed E-state index contributed by atoms with van der Waals surface area (Å²) in [5.41, 5.74) is 6.83. The van der Waals surface area contributed by atoms with Crippen molar-refractivity contribution in [3.8, 4) is 11.5 Å². The molecular formula is C18H16N2O5S2. The number of hydrogen-bond donors (Lipinski definition) is 1. The van der Waals surface area contributed by atoms with Gasteiger partial charge in [-0.15, -0.1) is 0 Å². The lowest BCUT2D eigenvalue weighted by Crippen LogP contribution is -2.11. The van der Waals surface area contributed by atoms with Gasteiger partial charge in [-0.3, -0.25) is 4.79 Å². The number of amidine groups is 1. The lowest BCUT2D eigenvalue weighted by atomic mass is 10.1. The Bertz CT molecular complexity index is 1060. The van der Waals surface area contributed by atoms with E-state index in [2.05, 4.69) is 4.99 Å². The van der Waals surface area contributed by atoms with Crippen LogP contribution in [0.25, 0.3) is 6.08 Å². The van der Waals surface area contributed by atoms with Crippen molar-refractivity contribution in [1.82, 2.24) is 0 Å². The average Bonchev–Trinajstić information content (AvgIpc) is 2.93. The van der Waals surface area contributed by atoms with Gasteiger partial charge in [0.15, 0.2) is 16.7 Å². The van der Waals surface area contributed by atoms with Crippen LogP contribution in [0, 0.1) is 6.92 Å². The largest absolute Gasteiger partial charge is 0.493 e. The number of benzene rings is 2. The first-order valence-electron chi connectivity index (χ1n) is 7.76. The molecule has 9 heteroatoms. The maximum Gasteiger partial charge on any atom is 0.339 e. The van der Waals surface area contributed by atoms with E-state index in [0.717, 1.165) is 17.3 Å². The summed E-state index contributed by atoms with van der Waals surface area (Å²) >= 11 is 1.00. The van der Waals surface area contributed by atoms with Gasteiger partial charge in [0.05, 0.1) is 12.0 Å². The molecule has 0 spiro atoms. The standard InChI is InChI=1S/C18H16N2O5S2/c1-11-6-8-13(9-7-11)27(22,23)25-16-12(4-3-5-14(16)24-2)10-15-17(21)20-18(19)26-15/h3-10H,1-2H3,(H2,19,20,21)/b15-10-. The summed E-state index contributed by atoms with van der Waals surface area (Å²) in [5, 5.41) is 0.129. The van der Waals surface area contributed by atoms with Gasteiger partial charge in [-0.1, -0.05) is 29.8 Å². The summed E-state index contributed by atoms with van der Waals surface area (Å²) in [6, 6.07) is 11.1. The summed E-state index contributed by atoms with van der Waals surface area (Å²) < 4.78 is 35.9. The van der Waals surface area contributed by atoms with Crippen LogP contribution < -0.4 is 14.7 Å². The third-order valence-corrected chi connectivity index (χ3v) is 5.70. The second kappa shape index (κ2) is 7.45. The number of thioether (sulfide) groups is 1. The first-order chi connectivity index (χ1) is 12.8. The van der Waals surface area contributed by atoms with Gasteiger partial charge >= 0.3 is 10.1 Å². The topological polar surface area (TPSA) is 108 Å². The lowest BCUT2D eigenvalue weighted by molar-refractivity contribution is -0.113. The Morgan fingerprint density at radius 1 is 1.15 bits per heavy atom. The minimum atomic E-state index is -4.10. The number of para-hydroxylation sites is 1. The first-order valence-corrected chi connectivity index (χ1v) is 9.99. The minimum absolute atomic E-state index is 0.0107. The molecule has 140 valence electrons. The Labute approximate surface area is 161 Å². The van der Waals surface area contributed by atoms with E-state index in [1.807, 2.05) is 6.92 Å². The highest BCUT2D eigenvalue weighted by molar-refractivity contribution is 8.18. The smallest absolute Gasteiger partial charge is 0.339 e. The van der Waals surface area contributed by atoms with Crippen molar-refractivity contribution >= 4 is 39.0 Å². The molecule has 1 heterocycles. The maximum atomic E-state index is 12.7. The predicted molar refractivity (Wildman–Crippen MR) is 104 cm³/mol. The van der Waals surface area contributed by atoms with Crippen LogP contribution in [0.1, 0.15) is 11.1 Å². The molecule has 1 aliphatic heterocycles. The molecule has 2 N–H and O–H groups in total. The van der Waals surface area contributed by atoms with Crippen LogP contribution in [0.4, 0.5) is 0 Å². The lowest BCUT2D eigenvalue weighted by Gasteiger charge is -2.13. The van der Waals surface area contributed by atoms with Gasteiger partial charge in [0.2, 0.25) is 0 Å². The zero-order chi connectivity index (χ0) is 19.6. The zero-order valence-corrected chi connectivity index (χ0v) is 16.1. The van der Waals surface area contributed by atoms with Crippen LogP contribution in [-0.4, -0.2) is 26.6 Å². The van der Waals surface area contributed by atoms with Crippen LogP contribution in [0.3, 0.4) is 0 Å². The van der Waals surface area contributed by atoms with E-state index in [1.54, 1.807) is 30.3 Å². The van der Waals surface area contributed by atoms with Crippen LogP contribution in [0.2, 0.25) is 0 Å².